The van der Waals surface area contributed by atoms with E-state index in [4.69, 9.17) is 5.11 Å². The number of carbonyl (C=O) groups is 2. The van der Waals surface area contributed by atoms with Crippen LogP contribution in [0.5, 0.6) is 0 Å². The predicted molar refractivity (Wildman–Crippen MR) is 23.5 cm³/mol. The molecule has 6 heteroatoms. The first-order chi connectivity index (χ1) is 4.13. The number of hydrogen-bond acceptors (Lipinski definition) is 4. The van der Waals surface area contributed by atoms with Crippen molar-refractivity contribution < 1.29 is 82.7 Å². The number of ether oxygens (including phenoxy) is 1. The second kappa shape index (κ2) is 7.81. The molecular formula is C4H5O5Rb. The quantitative estimate of drug-likeness (QED) is 0.510. The number of carbonyl (C=O) groups excluding carboxylic acids is 1. The van der Waals surface area contributed by atoms with E-state index in [1.165, 1.54) is 0 Å². The zero-order valence-electron chi connectivity index (χ0n) is 5.49. The van der Waals surface area contributed by atoms with Gasteiger partial charge in [0.2, 0.25) is 0 Å². The van der Waals surface area contributed by atoms with E-state index in [-0.39, 0.29) is 58.2 Å². The van der Waals surface area contributed by atoms with Gasteiger partial charge in [-0.05, 0) is 0 Å². The molecule has 0 atom stereocenters. The van der Waals surface area contributed by atoms with Crippen molar-refractivity contribution in [3.8, 4) is 0 Å². The molecule has 0 aromatic heterocycles. The fourth-order valence-electron chi connectivity index (χ4n) is 0.222. The van der Waals surface area contributed by atoms with E-state index in [1.54, 1.807) is 0 Å². The average Bonchev–Trinajstić information content (AvgIpc) is 1.63. The molecule has 1 N–H and O–H groups in total. The van der Waals surface area contributed by atoms with Gasteiger partial charge in [0.05, 0.1) is 12.6 Å². The van der Waals surface area contributed by atoms with Crippen molar-refractivity contribution in [2.75, 3.05) is 13.2 Å². The molecule has 0 aliphatic carbocycles. The van der Waals surface area contributed by atoms with Crippen LogP contribution >= 0.6 is 0 Å². The molecule has 52 valence electrons. The summed E-state index contributed by atoms with van der Waals surface area (Å²) in [5.74, 6) is -2.62. The van der Waals surface area contributed by atoms with Crippen LogP contribution in [-0.4, -0.2) is 30.3 Å². The minimum Gasteiger partial charge on any atom is -0.548 e. The van der Waals surface area contributed by atoms with Gasteiger partial charge in [0, 0.05) is 0 Å². The van der Waals surface area contributed by atoms with Crippen LogP contribution in [0, 0.1) is 0 Å². The van der Waals surface area contributed by atoms with Crippen molar-refractivity contribution in [3.63, 3.8) is 0 Å². The van der Waals surface area contributed by atoms with Crippen LogP contribution in [0.4, 0.5) is 0 Å². The van der Waals surface area contributed by atoms with Gasteiger partial charge >= 0.3 is 64.2 Å². The molecule has 0 aromatic rings. The molecule has 0 bridgehead atoms. The first kappa shape index (κ1) is 13.3. The van der Waals surface area contributed by atoms with Crippen LogP contribution in [-0.2, 0) is 14.3 Å². The first-order valence-electron chi connectivity index (χ1n) is 2.12. The Morgan fingerprint density at radius 3 is 2.20 bits per heavy atom. The van der Waals surface area contributed by atoms with E-state index in [0.29, 0.717) is 0 Å². The molecule has 5 nitrogen and oxygen atoms in total. The zero-order chi connectivity index (χ0) is 7.28. The van der Waals surface area contributed by atoms with Gasteiger partial charge in [0.1, 0.15) is 6.61 Å². The number of carboxylic acid groups (broad SMARTS) is 2. The Balaban J connectivity index is 0. The Morgan fingerprint density at radius 1 is 1.40 bits per heavy atom. The Hall–Kier alpha value is 0.705. The fraction of sp³-hybridized carbons (Fsp3) is 0.500. The molecule has 0 unspecified atom stereocenters. The summed E-state index contributed by atoms with van der Waals surface area (Å²) in [6.45, 7) is -1.28. The third kappa shape index (κ3) is 11.5. The standard InChI is InChI=1S/C4H6O5.Rb/c5-3(6)1-9-2-4(7)8;/h1-2H2,(H,5,6)(H,7,8);/q;+1/p-1. The summed E-state index contributed by atoms with van der Waals surface area (Å²) in [5.41, 5.74) is 0. The zero-order valence-corrected chi connectivity index (χ0v) is 10.4. The van der Waals surface area contributed by atoms with Gasteiger partial charge in [-0.3, -0.25) is 0 Å². The van der Waals surface area contributed by atoms with Crippen molar-refractivity contribution in [3.05, 3.63) is 0 Å². The average molecular weight is 219 g/mol. The second-order valence-corrected chi connectivity index (χ2v) is 1.26. The van der Waals surface area contributed by atoms with Crippen LogP contribution in [0.2, 0.25) is 0 Å². The van der Waals surface area contributed by atoms with Gasteiger partial charge in [-0.25, -0.2) is 4.79 Å². The molecule has 10 heavy (non-hydrogen) atoms. The monoisotopic (exact) mass is 218 g/mol. The van der Waals surface area contributed by atoms with E-state index in [9.17, 15) is 14.7 Å². The molecule has 0 amide bonds. The minimum absolute atomic E-state index is 0. The SMILES string of the molecule is O=C([O-])COCC(=O)O.[Rb+]. The maximum Gasteiger partial charge on any atom is 1.00 e. The van der Waals surface area contributed by atoms with E-state index in [0.717, 1.165) is 0 Å². The molecule has 0 radical (unpaired) electrons. The third-order valence-corrected chi connectivity index (χ3v) is 0.445. The Labute approximate surface area is 106 Å². The summed E-state index contributed by atoms with van der Waals surface area (Å²) in [6, 6.07) is 0. The van der Waals surface area contributed by atoms with E-state index >= 15 is 0 Å². The van der Waals surface area contributed by atoms with Crippen LogP contribution in [0.1, 0.15) is 0 Å². The molecule has 0 heterocycles. The largest absolute Gasteiger partial charge is 1.00 e. The van der Waals surface area contributed by atoms with Crippen molar-refractivity contribution >= 4 is 11.9 Å². The summed E-state index contributed by atoms with van der Waals surface area (Å²) >= 11 is 0. The number of carboxylic acids is 2. The number of aliphatic carboxylic acids is 2. The molecule has 0 aliphatic rings. The molecule has 0 saturated heterocycles. The van der Waals surface area contributed by atoms with Crippen molar-refractivity contribution in [1.82, 2.24) is 0 Å². The maximum atomic E-state index is 9.64. The normalized spacial score (nSPS) is 8.00. The summed E-state index contributed by atoms with van der Waals surface area (Å²) in [7, 11) is 0. The summed E-state index contributed by atoms with van der Waals surface area (Å²) in [6.07, 6.45) is 0. The smallest absolute Gasteiger partial charge is 0.548 e. The van der Waals surface area contributed by atoms with Crippen LogP contribution in [0.3, 0.4) is 0 Å². The molecule has 0 fully saturated rings. The molecule has 0 aliphatic heterocycles. The van der Waals surface area contributed by atoms with E-state index < -0.39 is 25.2 Å². The van der Waals surface area contributed by atoms with Gasteiger partial charge in [0.25, 0.3) is 0 Å². The fourth-order valence-corrected chi connectivity index (χ4v) is 0.222. The van der Waals surface area contributed by atoms with Crippen LogP contribution < -0.4 is 63.3 Å². The van der Waals surface area contributed by atoms with E-state index in [2.05, 4.69) is 4.74 Å². The molecule has 0 spiro atoms. The van der Waals surface area contributed by atoms with Crippen LogP contribution in [0.15, 0.2) is 0 Å². The van der Waals surface area contributed by atoms with Gasteiger partial charge < -0.3 is 19.7 Å². The molecular weight excluding hydrogens is 214 g/mol. The Bertz CT molecular complexity index is 109. The van der Waals surface area contributed by atoms with Crippen molar-refractivity contribution in [2.24, 2.45) is 0 Å². The van der Waals surface area contributed by atoms with Gasteiger partial charge in [0.15, 0.2) is 0 Å². The van der Waals surface area contributed by atoms with Gasteiger partial charge in [-0.1, -0.05) is 0 Å². The van der Waals surface area contributed by atoms with Gasteiger partial charge in [-0.15, -0.1) is 0 Å². The molecule has 0 aromatic carbocycles. The van der Waals surface area contributed by atoms with Crippen molar-refractivity contribution in [2.45, 2.75) is 0 Å². The molecule has 0 rings (SSSR count). The minimum atomic E-state index is -1.42. The summed E-state index contributed by atoms with van der Waals surface area (Å²) in [5, 5.41) is 17.4. The number of hydrogen-bond donors (Lipinski definition) is 1. The summed E-state index contributed by atoms with van der Waals surface area (Å²) in [4.78, 5) is 19.2. The Morgan fingerprint density at radius 2 is 1.90 bits per heavy atom. The second-order valence-electron chi connectivity index (χ2n) is 1.26. The maximum absolute atomic E-state index is 9.64. The van der Waals surface area contributed by atoms with E-state index in [1.807, 2.05) is 0 Å². The first-order valence-corrected chi connectivity index (χ1v) is 2.12. The summed E-state index contributed by atoms with van der Waals surface area (Å²) < 4.78 is 4.09. The Kier molecular flexibility index (Phi) is 10.4. The topological polar surface area (TPSA) is 86.7 Å². The van der Waals surface area contributed by atoms with Gasteiger partial charge in [-0.2, -0.15) is 0 Å². The van der Waals surface area contributed by atoms with Crippen molar-refractivity contribution in [1.29, 1.82) is 0 Å². The van der Waals surface area contributed by atoms with Crippen LogP contribution in [0.25, 0.3) is 0 Å². The third-order valence-electron chi connectivity index (χ3n) is 0.445. The number of rotatable bonds is 4. The molecule has 0 saturated carbocycles. The predicted octanol–water partition coefficient (Wildman–Crippen LogP) is -5.16.